The van der Waals surface area contributed by atoms with Gasteiger partial charge >= 0.3 is 0 Å². The van der Waals surface area contributed by atoms with Crippen LogP contribution in [0.25, 0.3) is 0 Å². The molecule has 3 rings (SSSR count). The summed E-state index contributed by atoms with van der Waals surface area (Å²) in [5.41, 5.74) is 1.90. The molecule has 1 atom stereocenters. The average Bonchev–Trinajstić information content (AvgIpc) is 3.01. The molecule has 1 saturated heterocycles. The second kappa shape index (κ2) is 7.42. The number of amides is 1. The van der Waals surface area contributed by atoms with E-state index in [1.807, 2.05) is 36.0 Å². The summed E-state index contributed by atoms with van der Waals surface area (Å²) in [7, 11) is 0. The number of rotatable bonds is 5. The van der Waals surface area contributed by atoms with Gasteiger partial charge in [-0.05, 0) is 17.7 Å². The van der Waals surface area contributed by atoms with E-state index < -0.39 is 0 Å². The van der Waals surface area contributed by atoms with Crippen molar-refractivity contribution in [3.63, 3.8) is 0 Å². The predicted octanol–water partition coefficient (Wildman–Crippen LogP) is 1.36. The summed E-state index contributed by atoms with van der Waals surface area (Å²) in [5, 5.41) is 10.4. The maximum atomic E-state index is 12.1. The molecule has 0 radical (unpaired) electrons. The van der Waals surface area contributed by atoms with Gasteiger partial charge in [0.2, 0.25) is 5.91 Å². The Morgan fingerprint density at radius 3 is 3.23 bits per heavy atom. The highest BCUT2D eigenvalue weighted by Crippen LogP contribution is 2.14. The Morgan fingerprint density at radius 2 is 2.45 bits per heavy atom. The zero-order chi connectivity index (χ0) is 15.2. The fraction of sp³-hybridized carbons (Fsp3) is 0.400. The minimum Gasteiger partial charge on any atom is -0.326 e. The number of thioether (sulfide) groups is 1. The van der Waals surface area contributed by atoms with Gasteiger partial charge in [-0.1, -0.05) is 12.1 Å². The topological polar surface area (TPSA) is 71.8 Å². The SMILES string of the molecule is O=C(CC1CSCCN1)Nc1cccc(Cn2cncn2)c1. The Balaban J connectivity index is 1.56. The van der Waals surface area contributed by atoms with Gasteiger partial charge in [-0.2, -0.15) is 16.9 Å². The third-order valence-electron chi connectivity index (χ3n) is 3.45. The van der Waals surface area contributed by atoms with Gasteiger partial charge in [-0.3, -0.25) is 4.79 Å². The number of nitrogens with zero attached hydrogens (tertiary/aromatic N) is 3. The van der Waals surface area contributed by atoms with E-state index in [9.17, 15) is 4.79 Å². The normalized spacial score (nSPS) is 18.1. The molecule has 2 N–H and O–H groups in total. The molecule has 0 aliphatic carbocycles. The number of aromatic nitrogens is 3. The second-order valence-electron chi connectivity index (χ2n) is 5.27. The third-order valence-corrected chi connectivity index (χ3v) is 4.58. The molecule has 7 heteroatoms. The minimum atomic E-state index is 0.0536. The zero-order valence-corrected chi connectivity index (χ0v) is 13.1. The molecule has 0 spiro atoms. The summed E-state index contributed by atoms with van der Waals surface area (Å²) < 4.78 is 1.75. The van der Waals surface area contributed by atoms with Crippen molar-refractivity contribution in [2.45, 2.75) is 19.0 Å². The molecule has 0 bridgehead atoms. The molecule has 1 aromatic heterocycles. The Hall–Kier alpha value is -1.86. The van der Waals surface area contributed by atoms with E-state index in [0.717, 1.165) is 29.3 Å². The molecule has 22 heavy (non-hydrogen) atoms. The number of benzene rings is 1. The lowest BCUT2D eigenvalue weighted by atomic mass is 10.2. The van der Waals surface area contributed by atoms with E-state index in [2.05, 4.69) is 20.7 Å². The van der Waals surface area contributed by atoms with E-state index in [4.69, 9.17) is 0 Å². The number of anilines is 1. The van der Waals surface area contributed by atoms with Gasteiger partial charge in [0.25, 0.3) is 0 Å². The summed E-state index contributed by atoms with van der Waals surface area (Å²) >= 11 is 1.90. The average molecular weight is 317 g/mol. The van der Waals surface area contributed by atoms with Gasteiger partial charge in [0.1, 0.15) is 12.7 Å². The van der Waals surface area contributed by atoms with Crippen molar-refractivity contribution in [2.75, 3.05) is 23.4 Å². The largest absolute Gasteiger partial charge is 0.326 e. The van der Waals surface area contributed by atoms with Crippen LogP contribution in [0.4, 0.5) is 5.69 Å². The molecule has 2 aromatic rings. The van der Waals surface area contributed by atoms with Crippen LogP contribution in [-0.2, 0) is 11.3 Å². The van der Waals surface area contributed by atoms with Crippen molar-refractivity contribution in [3.8, 4) is 0 Å². The molecule has 1 unspecified atom stereocenters. The summed E-state index contributed by atoms with van der Waals surface area (Å²) in [5.74, 6) is 2.18. The molecule has 1 aromatic carbocycles. The van der Waals surface area contributed by atoms with Crippen molar-refractivity contribution < 1.29 is 4.79 Å². The monoisotopic (exact) mass is 317 g/mol. The van der Waals surface area contributed by atoms with Crippen LogP contribution in [0.5, 0.6) is 0 Å². The Morgan fingerprint density at radius 1 is 1.50 bits per heavy atom. The van der Waals surface area contributed by atoms with Crippen LogP contribution in [0.3, 0.4) is 0 Å². The van der Waals surface area contributed by atoms with Gasteiger partial charge in [0.05, 0.1) is 6.54 Å². The van der Waals surface area contributed by atoms with Crippen LogP contribution < -0.4 is 10.6 Å². The molecular weight excluding hydrogens is 298 g/mol. The molecular formula is C15H19N5OS. The van der Waals surface area contributed by atoms with E-state index in [-0.39, 0.29) is 11.9 Å². The molecule has 2 heterocycles. The van der Waals surface area contributed by atoms with Crippen molar-refractivity contribution in [3.05, 3.63) is 42.5 Å². The van der Waals surface area contributed by atoms with E-state index in [0.29, 0.717) is 13.0 Å². The molecule has 0 saturated carbocycles. The lowest BCUT2D eigenvalue weighted by Gasteiger charge is -2.22. The number of hydrogen-bond donors (Lipinski definition) is 2. The highest BCUT2D eigenvalue weighted by atomic mass is 32.2. The van der Waals surface area contributed by atoms with Crippen LogP contribution in [0.15, 0.2) is 36.9 Å². The maximum Gasteiger partial charge on any atom is 0.225 e. The second-order valence-corrected chi connectivity index (χ2v) is 6.42. The van der Waals surface area contributed by atoms with Gasteiger partial charge < -0.3 is 10.6 Å². The summed E-state index contributed by atoms with van der Waals surface area (Å²) in [6.45, 7) is 1.63. The van der Waals surface area contributed by atoms with Crippen LogP contribution in [0.1, 0.15) is 12.0 Å². The molecule has 6 nitrogen and oxygen atoms in total. The van der Waals surface area contributed by atoms with E-state index >= 15 is 0 Å². The van der Waals surface area contributed by atoms with Gasteiger partial charge in [-0.25, -0.2) is 9.67 Å². The highest BCUT2D eigenvalue weighted by molar-refractivity contribution is 7.99. The first-order valence-corrected chi connectivity index (χ1v) is 8.47. The van der Waals surface area contributed by atoms with Gasteiger partial charge in [0, 0.05) is 36.2 Å². The molecule has 1 fully saturated rings. The van der Waals surface area contributed by atoms with Gasteiger partial charge in [0.15, 0.2) is 0 Å². The Bertz CT molecular complexity index is 610. The summed E-state index contributed by atoms with van der Waals surface area (Å²) in [4.78, 5) is 16.0. The fourth-order valence-corrected chi connectivity index (χ4v) is 3.38. The predicted molar refractivity (Wildman–Crippen MR) is 87.9 cm³/mol. The van der Waals surface area contributed by atoms with Crippen molar-refractivity contribution in [2.24, 2.45) is 0 Å². The Kier molecular flexibility index (Phi) is 5.07. The summed E-state index contributed by atoms with van der Waals surface area (Å²) in [6, 6.07) is 8.11. The standard InChI is InChI=1S/C15H19N5OS/c21-15(7-14-9-22-5-4-17-14)19-13-3-1-2-12(6-13)8-20-11-16-10-18-20/h1-3,6,10-11,14,17H,4-5,7-9H2,(H,19,21). The first-order chi connectivity index (χ1) is 10.8. The molecule has 1 aliphatic rings. The maximum absolute atomic E-state index is 12.1. The van der Waals surface area contributed by atoms with Crippen LogP contribution in [0.2, 0.25) is 0 Å². The lowest BCUT2D eigenvalue weighted by molar-refractivity contribution is -0.116. The quantitative estimate of drug-likeness (QED) is 0.871. The first-order valence-electron chi connectivity index (χ1n) is 7.32. The van der Waals surface area contributed by atoms with Crippen molar-refractivity contribution >= 4 is 23.4 Å². The number of hydrogen-bond acceptors (Lipinski definition) is 5. The highest BCUT2D eigenvalue weighted by Gasteiger charge is 2.16. The van der Waals surface area contributed by atoms with Crippen LogP contribution in [-0.4, -0.2) is 44.8 Å². The smallest absolute Gasteiger partial charge is 0.225 e. The van der Waals surface area contributed by atoms with Gasteiger partial charge in [-0.15, -0.1) is 0 Å². The molecule has 1 aliphatic heterocycles. The number of carbonyl (C=O) groups is 1. The molecule has 1 amide bonds. The first kappa shape index (κ1) is 15.1. The van der Waals surface area contributed by atoms with Crippen molar-refractivity contribution in [1.82, 2.24) is 20.1 Å². The van der Waals surface area contributed by atoms with E-state index in [1.54, 1.807) is 11.0 Å². The van der Waals surface area contributed by atoms with E-state index in [1.165, 1.54) is 6.33 Å². The molecule has 116 valence electrons. The number of carbonyl (C=O) groups excluding carboxylic acids is 1. The van der Waals surface area contributed by atoms with Crippen LogP contribution in [0, 0.1) is 0 Å². The van der Waals surface area contributed by atoms with Crippen molar-refractivity contribution in [1.29, 1.82) is 0 Å². The Labute approximate surface area is 133 Å². The zero-order valence-electron chi connectivity index (χ0n) is 12.2. The minimum absolute atomic E-state index is 0.0536. The third kappa shape index (κ3) is 4.32. The fourth-order valence-electron chi connectivity index (χ4n) is 2.44. The van der Waals surface area contributed by atoms with Crippen LogP contribution >= 0.6 is 11.8 Å². The lowest BCUT2D eigenvalue weighted by Crippen LogP contribution is -2.39. The summed E-state index contributed by atoms with van der Waals surface area (Å²) in [6.07, 6.45) is 3.71. The number of nitrogens with one attached hydrogen (secondary N) is 2.